The first-order valence-corrected chi connectivity index (χ1v) is 62.7. The van der Waals surface area contributed by atoms with E-state index in [1.807, 2.05) is 0 Å². The van der Waals surface area contributed by atoms with Gasteiger partial charge in [0.05, 0.1) is 0 Å². The van der Waals surface area contributed by atoms with Crippen LogP contribution in [0.1, 0.15) is 0 Å². The van der Waals surface area contributed by atoms with E-state index in [1.54, 1.807) is 0 Å². The quantitative estimate of drug-likeness (QED) is 0.0896. The first-order valence-electron chi connectivity index (χ1n) is 8.23. The van der Waals surface area contributed by atoms with Crippen LogP contribution in [0.25, 0.3) is 0 Å². The Morgan fingerprint density at radius 1 is 0.333 bits per heavy atom. The Labute approximate surface area is 345 Å². The molecule has 8 N–H and O–H groups in total. The molecule has 0 aromatic rings. The van der Waals surface area contributed by atoms with Crippen LogP contribution in [-0.4, -0.2) is 28.2 Å². The first kappa shape index (κ1) is 68.7. The molecule has 0 fully saturated rings. The van der Waals surface area contributed by atoms with Gasteiger partial charge in [0.25, 0.3) is 0 Å². The van der Waals surface area contributed by atoms with Crippen molar-refractivity contribution in [2.45, 2.75) is 0 Å². The predicted molar refractivity (Wildman–Crippen MR) is 45.8 cm³/mol. The van der Waals surface area contributed by atoms with Gasteiger partial charge < -0.3 is 25.3 Å². The number of hydrogen-bond acceptors (Lipinski definition) is 40. The summed E-state index contributed by atoms with van der Waals surface area (Å²) in [6, 6.07) is 0. The SMILES string of the molecule is O[Si](O)(O)O.[NH4+].[O]=[W](=[O])[O][W](=[O])(=[O])[O][W](=[O])(=[O])[O-].[O]=[W](=[O])[O][W](=[O])(=[O])[O][W](=[O])(=[O])[O-].[O]=[W](=[O])[O][W](=[O])(=[O])[O][W](=[O])(=[O])[O-].[O]=[W](=[O])[O][W](=[O])(=[O])[O][W](=[O])(=[O])[O-]. The van der Waals surface area contributed by atoms with Crippen molar-refractivity contribution in [1.29, 1.82) is 0 Å². The van der Waals surface area contributed by atoms with Crippen molar-refractivity contribution in [3.05, 3.63) is 0 Å². The summed E-state index contributed by atoms with van der Waals surface area (Å²) in [6.45, 7) is 0. The molecule has 0 aromatic heterocycles. The fraction of sp³-hybridized carbons (Fsp3) is 0. The Balaban J connectivity index is -0.000000136. The monoisotopic (exact) mass is 2900 g/mol. The minimum atomic E-state index is -6.68. The Bertz CT molecular complexity index is 2010. The van der Waals surface area contributed by atoms with Gasteiger partial charge in [0.1, 0.15) is 0 Å². The van der Waals surface area contributed by atoms with Gasteiger partial charge in [-0.1, -0.05) is 0 Å². The van der Waals surface area contributed by atoms with E-state index in [2.05, 4.69) is 16.3 Å². The minimum absolute atomic E-state index is 0. The van der Waals surface area contributed by atoms with Crippen LogP contribution in [0.15, 0.2) is 0 Å². The van der Waals surface area contributed by atoms with Crippen LogP contribution >= 0.6 is 0 Å². The van der Waals surface area contributed by atoms with E-state index in [0.717, 1.165) is 0 Å². The molecular formula is H8NO40SiW12-3. The molecule has 54 heteroatoms. The molecule has 0 spiro atoms. The Morgan fingerprint density at radius 3 is 0.481 bits per heavy atom. The molecule has 0 bridgehead atoms. The van der Waals surface area contributed by atoms with Gasteiger partial charge in [0, 0.05) is 0 Å². The maximum absolute atomic E-state index is 10.2. The summed E-state index contributed by atoms with van der Waals surface area (Å²) in [5.74, 6) is 0. The molecule has 0 radical (unpaired) electrons. The van der Waals surface area contributed by atoms with E-state index >= 15 is 0 Å². The third kappa shape index (κ3) is 72.6. The summed E-state index contributed by atoms with van der Waals surface area (Å²) in [5.41, 5.74) is 0. The van der Waals surface area contributed by atoms with Gasteiger partial charge in [-0.2, -0.15) is 0 Å². The van der Waals surface area contributed by atoms with Crippen LogP contribution < -0.4 is 21.2 Å². The number of quaternary nitrogens is 1. The molecule has 0 aromatic carbocycles. The Kier molecular flexibility index (Phi) is 36.4. The van der Waals surface area contributed by atoms with Crippen molar-refractivity contribution < 1.29 is 337 Å². The number of rotatable bonds is 16. The van der Waals surface area contributed by atoms with E-state index in [1.165, 1.54) is 0 Å². The van der Waals surface area contributed by atoms with Crippen LogP contribution in [-0.2, 0) is 302 Å². The molecular weight excluding hydrogens is 2890 g/mol. The van der Waals surface area contributed by atoms with E-state index < -0.39 is 213 Å². The average Bonchev–Trinajstić information content (AvgIpc) is 2.61. The number of hydrogen-bond donors (Lipinski definition) is 5. The molecule has 41 nitrogen and oxygen atoms in total. The molecule has 0 aliphatic carbocycles. The summed E-state index contributed by atoms with van der Waals surface area (Å²) < 4.78 is 302. The zero-order valence-corrected chi connectivity index (χ0v) is 59.1. The van der Waals surface area contributed by atoms with E-state index in [-0.39, 0.29) is 6.15 Å². The summed E-state index contributed by atoms with van der Waals surface area (Å²) in [6.07, 6.45) is 0. The second kappa shape index (κ2) is 28.6. The molecule has 0 aliphatic heterocycles. The van der Waals surface area contributed by atoms with Gasteiger partial charge in [-0.15, -0.1) is 0 Å². The standard InChI is InChI=1S/H3N.H4O4Si.36O.12W/c;1-5(2,3)4;;;;;;;;;;;;;;;;;;;;;;;;;;;;;;;;;;;;;;;;;;;;;;;;/h1H3;1-4H;;;;;;;;;;;;;;;;;;;;;;;;;;;;;;;;;;;;;;;;;;;;;;;;/q;;;;;;;;;;;;;;;;;;;;;;;;;;;;;;;;;;4*-1;;;;;;;;;;;;/p+1. The van der Waals surface area contributed by atoms with E-state index in [9.17, 15) is 96.6 Å². The maximum atomic E-state index is 10.2. The molecule has 0 atom stereocenters. The average molecular weight is 2900 g/mol. The summed E-state index contributed by atoms with van der Waals surface area (Å²) in [5, 5.41) is 0. The second-order valence-electron chi connectivity index (χ2n) is 5.23. The molecule has 0 saturated heterocycles. The fourth-order valence-corrected chi connectivity index (χ4v) is 70.5. The van der Waals surface area contributed by atoms with Crippen molar-refractivity contribution in [3.8, 4) is 0 Å². The normalized spacial score (nSPS) is 12.4. The first-order chi connectivity index (χ1) is 22.5. The van der Waals surface area contributed by atoms with Gasteiger partial charge in [-0.3, -0.25) is 0 Å². The molecule has 0 unspecified atom stereocenters. The summed E-state index contributed by atoms with van der Waals surface area (Å²) in [4.78, 5) is 29.3. The van der Waals surface area contributed by atoms with Crippen molar-refractivity contribution in [1.82, 2.24) is 6.15 Å². The van der Waals surface area contributed by atoms with Crippen LogP contribution in [0.5, 0.6) is 0 Å². The summed E-state index contributed by atoms with van der Waals surface area (Å²) >= 11 is -72.3. The van der Waals surface area contributed by atoms with E-state index in [4.69, 9.17) is 19.2 Å². The molecule has 54 heavy (non-hydrogen) atoms. The van der Waals surface area contributed by atoms with Crippen LogP contribution in [0, 0.1) is 0 Å². The third-order valence-corrected chi connectivity index (χ3v) is 81.9. The van der Waals surface area contributed by atoms with Gasteiger partial charge in [0.15, 0.2) is 0 Å². The Morgan fingerprint density at radius 2 is 0.426 bits per heavy atom. The third-order valence-electron chi connectivity index (χ3n) is 1.22. The molecule has 332 valence electrons. The topological polar surface area (TPSA) is 693 Å². The van der Waals surface area contributed by atoms with Gasteiger partial charge in [-0.25, -0.2) is 0 Å². The summed E-state index contributed by atoms with van der Waals surface area (Å²) in [7, 11) is -4.61. The zero-order valence-electron chi connectivity index (χ0n) is 22.9. The molecule has 0 rings (SSSR count). The zero-order chi connectivity index (χ0) is 44.5. The van der Waals surface area contributed by atoms with Crippen molar-refractivity contribution in [2.24, 2.45) is 0 Å². The molecule has 0 saturated carbocycles. The Hall–Kier alpha value is 3.00. The van der Waals surface area contributed by atoms with Crippen molar-refractivity contribution in [3.63, 3.8) is 0 Å². The molecule has 0 amide bonds. The van der Waals surface area contributed by atoms with Crippen LogP contribution in [0.3, 0.4) is 0 Å². The van der Waals surface area contributed by atoms with E-state index in [0.29, 0.717) is 0 Å². The molecule has 0 aliphatic rings. The van der Waals surface area contributed by atoms with Crippen LogP contribution in [0.2, 0.25) is 0 Å². The van der Waals surface area contributed by atoms with Gasteiger partial charge >= 0.3 is 326 Å². The molecule has 0 heterocycles. The van der Waals surface area contributed by atoms with Gasteiger partial charge in [-0.05, 0) is 0 Å². The van der Waals surface area contributed by atoms with Crippen molar-refractivity contribution >= 4 is 9.05 Å². The van der Waals surface area contributed by atoms with Gasteiger partial charge in [0.2, 0.25) is 0 Å². The predicted octanol–water partition coefficient (Wildman–Crippen LogP) is -10.4. The fourth-order valence-electron chi connectivity index (χ4n) is 0.726. The second-order valence-corrected chi connectivity index (χ2v) is 71.7. The van der Waals surface area contributed by atoms with Crippen molar-refractivity contribution in [2.75, 3.05) is 0 Å². The van der Waals surface area contributed by atoms with Crippen LogP contribution in [0.4, 0.5) is 0 Å².